The van der Waals surface area contributed by atoms with Gasteiger partial charge in [-0.3, -0.25) is 14.4 Å². The van der Waals surface area contributed by atoms with E-state index in [0.29, 0.717) is 71.6 Å². The highest BCUT2D eigenvalue weighted by atomic mass is 35.5. The van der Waals surface area contributed by atoms with Crippen LogP contribution >= 0.6 is 11.6 Å². The summed E-state index contributed by atoms with van der Waals surface area (Å²) in [5.41, 5.74) is 4.97. The second kappa shape index (κ2) is 15.4. The van der Waals surface area contributed by atoms with E-state index in [2.05, 4.69) is 31.1 Å². The number of aromatic hydroxyl groups is 2. The van der Waals surface area contributed by atoms with E-state index >= 15 is 0 Å². The van der Waals surface area contributed by atoms with Crippen molar-refractivity contribution >= 4 is 84.9 Å². The molecule has 0 atom stereocenters. The van der Waals surface area contributed by atoms with Crippen LogP contribution in [-0.2, 0) is 0 Å². The molecule has 1 aliphatic carbocycles. The Kier molecular flexibility index (Phi) is 9.63. The molecule has 8 aromatic carbocycles. The normalized spacial score (nSPS) is 12.0. The summed E-state index contributed by atoms with van der Waals surface area (Å²) < 4.78 is 0. The number of ketones is 1. The van der Waals surface area contributed by atoms with Crippen molar-refractivity contribution in [2.45, 2.75) is 6.92 Å². The molecule has 9 rings (SSSR count). The van der Waals surface area contributed by atoms with Crippen LogP contribution in [0.15, 0.2) is 166 Å². The third-order valence-corrected chi connectivity index (χ3v) is 10.6. The Hall–Kier alpha value is -8.02. The maximum absolute atomic E-state index is 13.9. The summed E-state index contributed by atoms with van der Waals surface area (Å²) in [7, 11) is 0. The number of azo groups is 2. The lowest BCUT2D eigenvalue weighted by Crippen LogP contribution is -2.13. The lowest BCUT2D eigenvalue weighted by atomic mass is 10.0. The maximum atomic E-state index is 13.9. The topological polar surface area (TPSA) is 165 Å². The fourth-order valence-corrected chi connectivity index (χ4v) is 7.42. The molecule has 0 aromatic heterocycles. The van der Waals surface area contributed by atoms with Crippen molar-refractivity contribution in [2.24, 2.45) is 20.5 Å². The molecule has 0 fully saturated rings. The van der Waals surface area contributed by atoms with Gasteiger partial charge in [0.05, 0.1) is 33.2 Å². The highest BCUT2D eigenvalue weighted by molar-refractivity contribution is 6.34. The summed E-state index contributed by atoms with van der Waals surface area (Å²) in [6.45, 7) is 1.88. The van der Waals surface area contributed by atoms with Gasteiger partial charge in [-0.1, -0.05) is 103 Å². The van der Waals surface area contributed by atoms with Crippen molar-refractivity contribution in [3.05, 3.63) is 178 Å². The molecule has 1 aliphatic rings. The number of amides is 2. The predicted molar refractivity (Wildman–Crippen MR) is 233 cm³/mol. The molecule has 8 aromatic rings. The van der Waals surface area contributed by atoms with Gasteiger partial charge in [-0.2, -0.15) is 10.2 Å². The number of rotatable bonds is 8. The molecule has 60 heavy (non-hydrogen) atoms. The highest BCUT2D eigenvalue weighted by Crippen LogP contribution is 2.44. The van der Waals surface area contributed by atoms with Gasteiger partial charge in [0.15, 0.2) is 17.3 Å². The molecule has 2 amide bonds. The molecule has 0 aliphatic heterocycles. The number of phenolic OH excluding ortho intramolecular Hbond substituents is 2. The Morgan fingerprint density at radius 1 is 0.517 bits per heavy atom. The zero-order valence-electron chi connectivity index (χ0n) is 31.6. The van der Waals surface area contributed by atoms with E-state index in [4.69, 9.17) is 11.6 Å². The number of hydrogen-bond acceptors (Lipinski definition) is 9. The fraction of sp³-hybridized carbons (Fsp3) is 0.0208. The van der Waals surface area contributed by atoms with Gasteiger partial charge in [-0.05, 0) is 89.0 Å². The Morgan fingerprint density at radius 3 is 1.48 bits per heavy atom. The molecular weight excluding hydrogens is 776 g/mol. The third kappa shape index (κ3) is 6.88. The van der Waals surface area contributed by atoms with Crippen LogP contribution in [0.5, 0.6) is 11.5 Å². The number of aryl methyl sites for hydroxylation is 1. The first-order chi connectivity index (χ1) is 29.1. The summed E-state index contributed by atoms with van der Waals surface area (Å²) in [6, 6.07) is 41.9. The standard InChI is InChI=1S/C48H31ClN6O5/c1-26-10-2-8-16-40(26)50-47(59)37-22-27-11-3-5-13-31(27)42(45(37)57)54-52-29-18-20-33-34-21-19-30(25-36(34)44(56)35(33)24-29)53-55-43-32-14-6-4-12-28(32)23-38(46(43)58)48(60)51-41-17-9-7-15-39(41)49/h2-25,57-58H,1H3,(H,50,59)(H,51,60). The van der Waals surface area contributed by atoms with Crippen LogP contribution in [0.2, 0.25) is 5.02 Å². The number of nitrogens with zero attached hydrogens (tertiary/aromatic N) is 4. The van der Waals surface area contributed by atoms with Gasteiger partial charge < -0.3 is 20.8 Å². The number of para-hydroxylation sites is 2. The van der Waals surface area contributed by atoms with Gasteiger partial charge in [0.25, 0.3) is 11.8 Å². The Bertz CT molecular complexity index is 2970. The first-order valence-corrected chi connectivity index (χ1v) is 19.1. The SMILES string of the molecule is Cc1ccccc1NC(=O)c1cc2ccccc2c(N=Nc2ccc3c(c2)C(=O)c2cc(N=Nc4c(O)c(C(=O)Nc5ccccc5Cl)cc5ccccc45)ccc2-3)c1O. The van der Waals surface area contributed by atoms with Crippen molar-refractivity contribution in [2.75, 3.05) is 10.6 Å². The third-order valence-electron chi connectivity index (χ3n) is 10.3. The Morgan fingerprint density at radius 2 is 0.967 bits per heavy atom. The number of carbonyl (C=O) groups excluding carboxylic acids is 3. The van der Waals surface area contributed by atoms with Gasteiger partial charge in [0.2, 0.25) is 0 Å². The van der Waals surface area contributed by atoms with Crippen molar-refractivity contribution in [1.82, 2.24) is 0 Å². The second-order valence-electron chi connectivity index (χ2n) is 14.1. The summed E-state index contributed by atoms with van der Waals surface area (Å²) >= 11 is 6.26. The van der Waals surface area contributed by atoms with Gasteiger partial charge in [0, 0.05) is 27.6 Å². The van der Waals surface area contributed by atoms with E-state index in [1.165, 1.54) is 0 Å². The molecular formula is C48H31ClN6O5. The number of benzene rings is 8. The molecule has 4 N–H and O–H groups in total. The number of phenols is 2. The average molecular weight is 807 g/mol. The van der Waals surface area contributed by atoms with E-state index in [1.807, 2.05) is 43.3 Å². The lowest BCUT2D eigenvalue weighted by Gasteiger charge is -2.12. The minimum Gasteiger partial charge on any atom is -0.505 e. The van der Waals surface area contributed by atoms with Crippen LogP contribution in [-0.4, -0.2) is 27.8 Å². The molecule has 0 saturated carbocycles. The quantitative estimate of drug-likeness (QED) is 0.112. The van der Waals surface area contributed by atoms with E-state index in [0.717, 1.165) is 5.56 Å². The first kappa shape index (κ1) is 37.6. The summed E-state index contributed by atoms with van der Waals surface area (Å²) in [5, 5.41) is 48.8. The van der Waals surface area contributed by atoms with Crippen LogP contribution < -0.4 is 10.6 Å². The van der Waals surface area contributed by atoms with Crippen molar-refractivity contribution in [3.8, 4) is 22.6 Å². The van der Waals surface area contributed by atoms with E-state index in [-0.39, 0.29) is 39.8 Å². The van der Waals surface area contributed by atoms with Crippen LogP contribution in [0, 0.1) is 6.92 Å². The summed E-state index contributed by atoms with van der Waals surface area (Å²) in [5.74, 6) is -2.04. The van der Waals surface area contributed by atoms with E-state index < -0.39 is 11.8 Å². The predicted octanol–water partition coefficient (Wildman–Crippen LogP) is 12.9. The average Bonchev–Trinajstić information content (AvgIpc) is 3.53. The molecule has 0 radical (unpaired) electrons. The minimum atomic E-state index is -0.581. The van der Waals surface area contributed by atoms with Crippen molar-refractivity contribution < 1.29 is 24.6 Å². The summed E-state index contributed by atoms with van der Waals surface area (Å²) in [4.78, 5) is 40.6. The molecule has 0 saturated heterocycles. The Labute approximate surface area is 347 Å². The van der Waals surface area contributed by atoms with E-state index in [1.54, 1.807) is 109 Å². The number of carbonyl (C=O) groups is 3. The van der Waals surface area contributed by atoms with Gasteiger partial charge in [0.1, 0.15) is 11.4 Å². The summed E-state index contributed by atoms with van der Waals surface area (Å²) in [6.07, 6.45) is 0. The fourth-order valence-electron chi connectivity index (χ4n) is 7.23. The second-order valence-corrected chi connectivity index (χ2v) is 14.5. The number of nitrogens with one attached hydrogen (secondary N) is 2. The largest absolute Gasteiger partial charge is 0.505 e. The Balaban J connectivity index is 0.996. The number of halogens is 1. The zero-order chi connectivity index (χ0) is 41.5. The molecule has 0 heterocycles. The number of anilines is 2. The minimum absolute atomic E-state index is 0.0187. The van der Waals surface area contributed by atoms with Crippen molar-refractivity contribution in [1.29, 1.82) is 0 Å². The molecule has 290 valence electrons. The molecule has 12 heteroatoms. The molecule has 0 spiro atoms. The molecule has 0 bridgehead atoms. The van der Waals surface area contributed by atoms with Gasteiger partial charge >= 0.3 is 0 Å². The first-order valence-electron chi connectivity index (χ1n) is 18.7. The molecule has 11 nitrogen and oxygen atoms in total. The lowest BCUT2D eigenvalue weighted by molar-refractivity contribution is 0.101. The number of hydrogen-bond donors (Lipinski definition) is 4. The van der Waals surface area contributed by atoms with Crippen molar-refractivity contribution in [3.63, 3.8) is 0 Å². The van der Waals surface area contributed by atoms with Crippen LogP contribution in [0.3, 0.4) is 0 Å². The zero-order valence-corrected chi connectivity index (χ0v) is 32.4. The monoisotopic (exact) mass is 806 g/mol. The maximum Gasteiger partial charge on any atom is 0.259 e. The van der Waals surface area contributed by atoms with E-state index in [9.17, 15) is 24.6 Å². The van der Waals surface area contributed by atoms with Crippen LogP contribution in [0.1, 0.15) is 42.2 Å². The highest BCUT2D eigenvalue weighted by Gasteiger charge is 2.28. The van der Waals surface area contributed by atoms with Gasteiger partial charge in [-0.15, -0.1) is 10.2 Å². The molecule has 0 unspecified atom stereocenters. The van der Waals surface area contributed by atoms with Gasteiger partial charge in [-0.25, -0.2) is 0 Å². The smallest absolute Gasteiger partial charge is 0.259 e. The number of fused-ring (bicyclic) bond motifs is 5. The van der Waals surface area contributed by atoms with Crippen LogP contribution in [0.4, 0.5) is 34.1 Å². The van der Waals surface area contributed by atoms with Crippen LogP contribution in [0.25, 0.3) is 32.7 Å².